The van der Waals surface area contributed by atoms with Crippen molar-refractivity contribution in [1.82, 2.24) is 14.8 Å². The van der Waals surface area contributed by atoms with Crippen LogP contribution in [0.3, 0.4) is 0 Å². The lowest BCUT2D eigenvalue weighted by atomic mass is 10.1. The van der Waals surface area contributed by atoms with Gasteiger partial charge in [0.2, 0.25) is 17.2 Å². The van der Waals surface area contributed by atoms with Crippen LogP contribution < -0.4 is 15.6 Å². The lowest BCUT2D eigenvalue weighted by Gasteiger charge is -2.36. The summed E-state index contributed by atoms with van der Waals surface area (Å²) in [5.74, 6) is -2.24. The van der Waals surface area contributed by atoms with Gasteiger partial charge in [0.15, 0.2) is 0 Å². The van der Waals surface area contributed by atoms with Gasteiger partial charge in [-0.1, -0.05) is 30.3 Å². The van der Waals surface area contributed by atoms with E-state index < -0.39 is 17.2 Å². The van der Waals surface area contributed by atoms with Crippen molar-refractivity contribution in [3.8, 4) is 0 Å². The zero-order valence-electron chi connectivity index (χ0n) is 20.9. The van der Waals surface area contributed by atoms with Gasteiger partial charge in [0.1, 0.15) is 11.4 Å². The monoisotopic (exact) mass is 520 g/mol. The van der Waals surface area contributed by atoms with Crippen molar-refractivity contribution in [3.05, 3.63) is 75.8 Å². The highest BCUT2D eigenvalue weighted by atomic mass is 19.1. The number of aromatic nitrogens is 1. The molecule has 3 aromatic rings. The number of hydrogen-bond donors (Lipinski definition) is 2. The number of benzene rings is 2. The molecule has 2 aliphatic rings. The fourth-order valence-electron chi connectivity index (χ4n) is 4.87. The molecule has 1 saturated heterocycles. The fraction of sp³-hybridized carbons (Fsp3) is 0.357. The standard InChI is InChI=1S/C28H29FN4O5/c29-22-14-20-23(33(19-6-7-19)17-21(27(20)36)28(37)38)15-24(22)31-10-12-32(13-11-31)26(35)9-8-25(34)30-16-18-4-2-1-3-5-18/h1-5,14-15,17,19H,6-13,16H2,(H,30,34)(H,37,38). The number of amides is 2. The summed E-state index contributed by atoms with van der Waals surface area (Å²) in [5, 5.41) is 12.3. The molecule has 1 aliphatic heterocycles. The summed E-state index contributed by atoms with van der Waals surface area (Å²) in [7, 11) is 0. The van der Waals surface area contributed by atoms with Crippen molar-refractivity contribution < 1.29 is 23.9 Å². The molecule has 5 rings (SSSR count). The molecule has 2 heterocycles. The van der Waals surface area contributed by atoms with Crippen molar-refractivity contribution >= 4 is 34.4 Å². The topological polar surface area (TPSA) is 112 Å². The Balaban J connectivity index is 1.22. The molecule has 2 N–H and O–H groups in total. The van der Waals surface area contributed by atoms with E-state index in [2.05, 4.69) is 5.32 Å². The van der Waals surface area contributed by atoms with Gasteiger partial charge in [-0.05, 0) is 30.5 Å². The number of carbonyl (C=O) groups is 3. The minimum absolute atomic E-state index is 0.0532. The van der Waals surface area contributed by atoms with Crippen LogP contribution >= 0.6 is 0 Å². The average Bonchev–Trinajstić information content (AvgIpc) is 3.77. The normalized spacial score (nSPS) is 15.5. The van der Waals surface area contributed by atoms with Gasteiger partial charge in [-0.2, -0.15) is 0 Å². The first-order valence-corrected chi connectivity index (χ1v) is 12.8. The highest BCUT2D eigenvalue weighted by Gasteiger charge is 2.29. The number of carboxylic acid groups (broad SMARTS) is 1. The summed E-state index contributed by atoms with van der Waals surface area (Å²) in [5.41, 5.74) is 0.761. The van der Waals surface area contributed by atoms with Gasteiger partial charge in [-0.15, -0.1) is 0 Å². The summed E-state index contributed by atoms with van der Waals surface area (Å²) in [6, 6.07) is 12.4. The van der Waals surface area contributed by atoms with Crippen molar-refractivity contribution in [2.45, 2.75) is 38.3 Å². The minimum Gasteiger partial charge on any atom is -0.477 e. The van der Waals surface area contributed by atoms with Crippen LogP contribution in [0.5, 0.6) is 0 Å². The maximum absolute atomic E-state index is 15.2. The predicted molar refractivity (Wildman–Crippen MR) is 140 cm³/mol. The molecule has 9 nitrogen and oxygen atoms in total. The van der Waals surface area contributed by atoms with Gasteiger partial charge < -0.3 is 24.8 Å². The second kappa shape index (κ2) is 10.6. The molecule has 0 spiro atoms. The van der Waals surface area contributed by atoms with Crippen molar-refractivity contribution in [1.29, 1.82) is 0 Å². The number of nitrogens with zero attached hydrogens (tertiary/aromatic N) is 3. The Bertz CT molecular complexity index is 1440. The molecule has 0 atom stereocenters. The van der Waals surface area contributed by atoms with E-state index >= 15 is 4.39 Å². The largest absolute Gasteiger partial charge is 0.477 e. The van der Waals surface area contributed by atoms with E-state index in [9.17, 15) is 24.3 Å². The summed E-state index contributed by atoms with van der Waals surface area (Å²) in [6.07, 6.45) is 3.30. The van der Waals surface area contributed by atoms with Gasteiger partial charge in [0.05, 0.1) is 11.2 Å². The molecule has 38 heavy (non-hydrogen) atoms. The highest BCUT2D eigenvalue weighted by molar-refractivity contribution is 5.93. The number of fused-ring (bicyclic) bond motifs is 1. The molecule has 0 radical (unpaired) electrons. The quantitative estimate of drug-likeness (QED) is 0.473. The number of pyridine rings is 1. The number of rotatable bonds is 8. The molecule has 1 aromatic heterocycles. The lowest BCUT2D eigenvalue weighted by Crippen LogP contribution is -2.49. The van der Waals surface area contributed by atoms with Crippen molar-refractivity contribution in [2.24, 2.45) is 0 Å². The van der Waals surface area contributed by atoms with E-state index in [0.717, 1.165) is 24.5 Å². The number of aromatic carboxylic acids is 1. The Kier molecular flexibility index (Phi) is 7.13. The second-order valence-corrected chi connectivity index (χ2v) is 9.77. The van der Waals surface area contributed by atoms with Gasteiger partial charge in [0.25, 0.3) is 0 Å². The number of nitrogens with one attached hydrogen (secondary N) is 1. The lowest BCUT2D eigenvalue weighted by molar-refractivity contribution is -0.133. The van der Waals surface area contributed by atoms with Crippen LogP contribution in [0.2, 0.25) is 0 Å². The zero-order chi connectivity index (χ0) is 26.8. The molecular weight excluding hydrogens is 491 g/mol. The third-order valence-electron chi connectivity index (χ3n) is 7.14. The Morgan fingerprint density at radius 2 is 1.71 bits per heavy atom. The number of anilines is 1. The Morgan fingerprint density at radius 3 is 2.37 bits per heavy atom. The Hall–Kier alpha value is -4.21. The van der Waals surface area contributed by atoms with Gasteiger partial charge >= 0.3 is 5.97 Å². The molecule has 1 saturated carbocycles. The molecule has 0 unspecified atom stereocenters. The summed E-state index contributed by atoms with van der Waals surface area (Å²) in [4.78, 5) is 52.6. The maximum Gasteiger partial charge on any atom is 0.341 e. The SMILES string of the molecule is O=C(CCC(=O)N1CCN(c2cc3c(cc2F)c(=O)c(C(=O)O)cn3C2CC2)CC1)NCc1ccccc1. The first-order valence-electron chi connectivity index (χ1n) is 12.8. The van der Waals surface area contributed by atoms with E-state index in [1.807, 2.05) is 35.2 Å². The first kappa shape index (κ1) is 25.4. The van der Waals surface area contributed by atoms with E-state index in [-0.39, 0.29) is 41.6 Å². The van der Waals surface area contributed by atoms with E-state index in [1.165, 1.54) is 6.20 Å². The molecule has 2 fully saturated rings. The third-order valence-corrected chi connectivity index (χ3v) is 7.14. The van der Waals surface area contributed by atoms with E-state index in [0.29, 0.717) is 43.9 Å². The number of carboxylic acids is 1. The molecular formula is C28H29FN4O5. The number of carbonyl (C=O) groups excluding carboxylic acids is 2. The van der Waals surface area contributed by atoms with Gasteiger partial charge in [-0.25, -0.2) is 9.18 Å². The van der Waals surface area contributed by atoms with Crippen LogP contribution in [0.25, 0.3) is 10.9 Å². The van der Waals surface area contributed by atoms with Crippen LogP contribution in [0, 0.1) is 5.82 Å². The smallest absolute Gasteiger partial charge is 0.341 e. The second-order valence-electron chi connectivity index (χ2n) is 9.77. The van der Waals surface area contributed by atoms with Crippen LogP contribution in [-0.2, 0) is 16.1 Å². The van der Waals surface area contributed by atoms with E-state index in [1.54, 1.807) is 15.5 Å². The fourth-order valence-corrected chi connectivity index (χ4v) is 4.87. The minimum atomic E-state index is -1.33. The predicted octanol–water partition coefficient (Wildman–Crippen LogP) is 2.92. The molecule has 0 bridgehead atoms. The van der Waals surface area contributed by atoms with Gasteiger partial charge in [0, 0.05) is 63.2 Å². The number of hydrogen-bond acceptors (Lipinski definition) is 5. The number of halogens is 1. The van der Waals surface area contributed by atoms with Crippen LogP contribution in [0.4, 0.5) is 10.1 Å². The summed E-state index contributed by atoms with van der Waals surface area (Å²) in [6.45, 7) is 1.98. The molecule has 2 aromatic carbocycles. The van der Waals surface area contributed by atoms with Gasteiger partial charge in [-0.3, -0.25) is 14.4 Å². The Labute approximate surface area is 218 Å². The first-order chi connectivity index (χ1) is 18.3. The number of piperazine rings is 1. The maximum atomic E-state index is 15.2. The zero-order valence-corrected chi connectivity index (χ0v) is 20.9. The van der Waals surface area contributed by atoms with E-state index in [4.69, 9.17) is 0 Å². The molecule has 198 valence electrons. The third kappa shape index (κ3) is 5.39. The van der Waals surface area contributed by atoms with Crippen LogP contribution in [-0.4, -0.2) is 58.5 Å². The molecule has 10 heteroatoms. The molecule has 1 aliphatic carbocycles. The van der Waals surface area contributed by atoms with Crippen LogP contribution in [0.1, 0.15) is 47.6 Å². The van der Waals surface area contributed by atoms with Crippen molar-refractivity contribution in [2.75, 3.05) is 31.1 Å². The van der Waals surface area contributed by atoms with Crippen LogP contribution in [0.15, 0.2) is 53.5 Å². The summed E-state index contributed by atoms with van der Waals surface area (Å²) >= 11 is 0. The average molecular weight is 521 g/mol. The highest BCUT2D eigenvalue weighted by Crippen LogP contribution is 2.38. The molecule has 2 amide bonds. The van der Waals surface area contributed by atoms with Crippen molar-refractivity contribution in [3.63, 3.8) is 0 Å². The Morgan fingerprint density at radius 1 is 1.00 bits per heavy atom. The summed E-state index contributed by atoms with van der Waals surface area (Å²) < 4.78 is 16.9.